The largest absolute Gasteiger partial charge is 0.480 e. The first kappa shape index (κ1) is 29.5. The van der Waals surface area contributed by atoms with Crippen LogP contribution in [0.25, 0.3) is 10.9 Å². The predicted octanol–water partition coefficient (Wildman–Crippen LogP) is 0.581. The number of pyridine rings is 1. The first-order valence-corrected chi connectivity index (χ1v) is 12.8. The quantitative estimate of drug-likeness (QED) is 0.278. The van der Waals surface area contributed by atoms with Crippen molar-refractivity contribution in [1.82, 2.24) is 4.57 Å². The van der Waals surface area contributed by atoms with Gasteiger partial charge in [0.25, 0.3) is 11.5 Å². The SMILES string of the molecule is CCN(C(=O)c1c(OCC(=O)O[C@H]2[C@H](O)[C@@H](CO)OC(O)[C@@H]2O)c2c(Cl)cccc2n(C)c1=O)c1ccccc1. The minimum absolute atomic E-state index is 0.150. The van der Waals surface area contributed by atoms with E-state index < -0.39 is 61.4 Å². The number of hydrogen-bond donors (Lipinski definition) is 4. The zero-order chi connectivity index (χ0) is 29.1. The Hall–Kier alpha value is -3.52. The summed E-state index contributed by atoms with van der Waals surface area (Å²) in [6, 6.07) is 13.4. The number of halogens is 1. The molecule has 13 heteroatoms. The van der Waals surface area contributed by atoms with Crippen LogP contribution in [-0.4, -0.2) is 87.3 Å². The molecular weight excluding hydrogens is 548 g/mol. The number of benzene rings is 2. The summed E-state index contributed by atoms with van der Waals surface area (Å²) >= 11 is 6.48. The van der Waals surface area contributed by atoms with E-state index in [1.54, 1.807) is 49.4 Å². The number of carbonyl (C=O) groups excluding carboxylic acids is 2. The Balaban J connectivity index is 1.72. The molecule has 1 fully saturated rings. The summed E-state index contributed by atoms with van der Waals surface area (Å²) in [5, 5.41) is 40.0. The van der Waals surface area contributed by atoms with Gasteiger partial charge in [0.05, 0.1) is 22.5 Å². The number of aliphatic hydroxyl groups is 4. The lowest BCUT2D eigenvalue weighted by Gasteiger charge is -2.39. The number of aliphatic hydroxyl groups excluding tert-OH is 4. The lowest BCUT2D eigenvalue weighted by molar-refractivity contribution is -0.290. The van der Waals surface area contributed by atoms with Gasteiger partial charge in [-0.05, 0) is 31.2 Å². The molecule has 0 aliphatic carbocycles. The van der Waals surface area contributed by atoms with Crippen molar-refractivity contribution in [2.45, 2.75) is 37.6 Å². The molecule has 12 nitrogen and oxygen atoms in total. The summed E-state index contributed by atoms with van der Waals surface area (Å²) in [6.45, 7) is 0.373. The van der Waals surface area contributed by atoms with E-state index in [2.05, 4.69) is 0 Å². The van der Waals surface area contributed by atoms with Crippen LogP contribution in [0.4, 0.5) is 5.69 Å². The van der Waals surface area contributed by atoms with Crippen LogP contribution < -0.4 is 15.2 Å². The summed E-state index contributed by atoms with van der Waals surface area (Å²) in [5.74, 6) is -2.05. The zero-order valence-electron chi connectivity index (χ0n) is 21.6. The van der Waals surface area contributed by atoms with Gasteiger partial charge in [-0.2, -0.15) is 0 Å². The fourth-order valence-corrected chi connectivity index (χ4v) is 4.81. The molecule has 1 amide bonds. The molecule has 1 saturated heterocycles. The number of nitrogens with zero attached hydrogens (tertiary/aromatic N) is 2. The number of anilines is 1. The van der Waals surface area contributed by atoms with Crippen LogP contribution in [-0.2, 0) is 21.3 Å². The molecule has 4 N–H and O–H groups in total. The molecule has 1 unspecified atom stereocenters. The molecule has 40 heavy (non-hydrogen) atoms. The second-order valence-corrected chi connectivity index (χ2v) is 9.47. The summed E-state index contributed by atoms with van der Waals surface area (Å²) in [7, 11) is 1.48. The van der Waals surface area contributed by atoms with Gasteiger partial charge in [0, 0.05) is 19.3 Å². The van der Waals surface area contributed by atoms with Crippen LogP contribution in [0.15, 0.2) is 53.3 Å². The molecule has 5 atom stereocenters. The predicted molar refractivity (Wildman–Crippen MR) is 143 cm³/mol. The number of hydrogen-bond acceptors (Lipinski definition) is 10. The van der Waals surface area contributed by atoms with E-state index in [1.165, 1.54) is 22.6 Å². The van der Waals surface area contributed by atoms with Gasteiger partial charge in [0.2, 0.25) is 0 Å². The van der Waals surface area contributed by atoms with Crippen molar-refractivity contribution in [3.63, 3.8) is 0 Å². The van der Waals surface area contributed by atoms with Gasteiger partial charge < -0.3 is 44.1 Å². The molecule has 1 aromatic heterocycles. The first-order valence-electron chi connectivity index (χ1n) is 12.4. The smallest absolute Gasteiger partial charge is 0.344 e. The molecule has 1 aliphatic rings. The van der Waals surface area contributed by atoms with Crippen molar-refractivity contribution in [1.29, 1.82) is 0 Å². The van der Waals surface area contributed by atoms with E-state index in [1.807, 2.05) is 0 Å². The number of rotatable bonds is 8. The highest BCUT2D eigenvalue weighted by molar-refractivity contribution is 6.36. The maximum atomic E-state index is 13.8. The van der Waals surface area contributed by atoms with E-state index in [4.69, 9.17) is 25.8 Å². The average molecular weight is 577 g/mol. The van der Waals surface area contributed by atoms with Gasteiger partial charge >= 0.3 is 5.97 Å². The van der Waals surface area contributed by atoms with Gasteiger partial charge in [-0.1, -0.05) is 35.9 Å². The number of ether oxygens (including phenoxy) is 3. The maximum absolute atomic E-state index is 13.8. The molecule has 1 aliphatic heterocycles. The van der Waals surface area contributed by atoms with Crippen LogP contribution in [0.1, 0.15) is 17.3 Å². The molecular formula is C27H29ClN2O10. The Morgan fingerprint density at radius 2 is 1.77 bits per heavy atom. The number of aromatic nitrogens is 1. The zero-order valence-corrected chi connectivity index (χ0v) is 22.4. The van der Waals surface area contributed by atoms with Crippen molar-refractivity contribution < 1.29 is 44.2 Å². The van der Waals surface area contributed by atoms with Gasteiger partial charge in [0.1, 0.15) is 29.6 Å². The number of esters is 1. The molecule has 0 bridgehead atoms. The second kappa shape index (κ2) is 12.3. The third-order valence-electron chi connectivity index (χ3n) is 6.61. The minimum atomic E-state index is -1.83. The Bertz CT molecular complexity index is 1450. The lowest BCUT2D eigenvalue weighted by Crippen LogP contribution is -2.60. The normalized spacial score (nSPS) is 22.6. The molecule has 0 radical (unpaired) electrons. The van der Waals surface area contributed by atoms with E-state index in [9.17, 15) is 34.8 Å². The van der Waals surface area contributed by atoms with Crippen LogP contribution in [0.3, 0.4) is 0 Å². The second-order valence-electron chi connectivity index (χ2n) is 9.06. The molecule has 2 aromatic carbocycles. The summed E-state index contributed by atoms with van der Waals surface area (Å²) in [4.78, 5) is 41.5. The first-order chi connectivity index (χ1) is 19.1. The van der Waals surface area contributed by atoms with E-state index >= 15 is 0 Å². The monoisotopic (exact) mass is 576 g/mol. The number of fused-ring (bicyclic) bond motifs is 1. The lowest BCUT2D eigenvalue weighted by atomic mass is 9.99. The fourth-order valence-electron chi connectivity index (χ4n) is 4.56. The Kier molecular flexibility index (Phi) is 9.08. The number of carbonyl (C=O) groups is 2. The van der Waals surface area contributed by atoms with Crippen LogP contribution in [0.5, 0.6) is 5.75 Å². The average Bonchev–Trinajstić information content (AvgIpc) is 2.95. The third-order valence-corrected chi connectivity index (χ3v) is 6.93. The van der Waals surface area contributed by atoms with Crippen LogP contribution >= 0.6 is 11.6 Å². The molecule has 3 aromatic rings. The summed E-state index contributed by atoms with van der Waals surface area (Å²) in [6.07, 6.45) is -8.29. The van der Waals surface area contributed by atoms with E-state index in [0.717, 1.165) is 0 Å². The number of aryl methyl sites for hydroxylation is 1. The highest BCUT2D eigenvalue weighted by Crippen LogP contribution is 2.35. The fraction of sp³-hybridized carbons (Fsp3) is 0.370. The molecule has 214 valence electrons. The van der Waals surface area contributed by atoms with E-state index in [0.29, 0.717) is 11.2 Å². The molecule has 2 heterocycles. The maximum Gasteiger partial charge on any atom is 0.344 e. The highest BCUT2D eigenvalue weighted by atomic mass is 35.5. The minimum Gasteiger partial charge on any atom is -0.480 e. The Labute approximate surface area is 233 Å². The topological polar surface area (TPSA) is 168 Å². The van der Waals surface area contributed by atoms with Crippen molar-refractivity contribution in [3.8, 4) is 5.75 Å². The van der Waals surface area contributed by atoms with Crippen molar-refractivity contribution in [2.24, 2.45) is 7.05 Å². The molecule has 4 rings (SSSR count). The summed E-state index contributed by atoms with van der Waals surface area (Å²) < 4.78 is 17.0. The highest BCUT2D eigenvalue weighted by Gasteiger charge is 2.46. The Morgan fingerprint density at radius 1 is 1.07 bits per heavy atom. The van der Waals surface area contributed by atoms with Gasteiger partial charge in [-0.15, -0.1) is 0 Å². The van der Waals surface area contributed by atoms with Crippen molar-refractivity contribution in [2.75, 3.05) is 24.7 Å². The Morgan fingerprint density at radius 3 is 2.42 bits per heavy atom. The van der Waals surface area contributed by atoms with Crippen molar-refractivity contribution >= 4 is 40.1 Å². The van der Waals surface area contributed by atoms with Gasteiger partial charge in [-0.3, -0.25) is 9.59 Å². The van der Waals surface area contributed by atoms with Crippen LogP contribution in [0.2, 0.25) is 5.02 Å². The van der Waals surface area contributed by atoms with Gasteiger partial charge in [-0.25, -0.2) is 4.79 Å². The standard InChI is InChI=1S/C27H29ClN2O10/c1-3-30(14-8-5-4-6-9-14)26(36)20-23(19-15(28)10-7-11-16(19)29(2)25(20)35)38-13-18(32)40-24-21(33)17(12-31)39-27(37)22(24)34/h4-11,17,21-22,24,27,31,33-34,37H,3,12-13H2,1-2H3/t17-,21-,22-,24+,27?/m1/s1. The number of amides is 1. The summed E-state index contributed by atoms with van der Waals surface area (Å²) in [5.41, 5.74) is -0.198. The third kappa shape index (κ3) is 5.55. The number of para-hydroxylation sites is 1. The van der Waals surface area contributed by atoms with Crippen LogP contribution in [0, 0.1) is 0 Å². The molecule has 0 saturated carbocycles. The van der Waals surface area contributed by atoms with Crippen molar-refractivity contribution in [3.05, 3.63) is 69.5 Å². The van der Waals surface area contributed by atoms with E-state index in [-0.39, 0.29) is 28.3 Å². The van der Waals surface area contributed by atoms with Gasteiger partial charge in [0.15, 0.2) is 19.0 Å². The molecule has 0 spiro atoms.